The quantitative estimate of drug-likeness (QED) is 0.611. The molecular weight excluding hydrogens is 224 g/mol. The van der Waals surface area contributed by atoms with Crippen molar-refractivity contribution in [2.75, 3.05) is 20.3 Å². The van der Waals surface area contributed by atoms with Crippen molar-refractivity contribution in [2.45, 2.75) is 32.2 Å². The molecule has 6 nitrogen and oxygen atoms in total. The molecule has 0 saturated heterocycles. The molecule has 2 amide bonds. The molecule has 1 rings (SSSR count). The van der Waals surface area contributed by atoms with Gasteiger partial charge in [-0.15, -0.1) is 0 Å². The van der Waals surface area contributed by atoms with Gasteiger partial charge in [-0.25, -0.2) is 9.59 Å². The number of aliphatic carboxylic acids is 1. The van der Waals surface area contributed by atoms with E-state index in [4.69, 9.17) is 9.84 Å². The number of carbonyl (C=O) groups excluding carboxylic acids is 1. The molecule has 0 aliphatic heterocycles. The lowest BCUT2D eigenvalue weighted by molar-refractivity contribution is -0.140. The maximum absolute atomic E-state index is 11.5. The number of carboxylic acid groups (broad SMARTS) is 1. The summed E-state index contributed by atoms with van der Waals surface area (Å²) in [4.78, 5) is 22.3. The van der Waals surface area contributed by atoms with Gasteiger partial charge in [0.1, 0.15) is 0 Å². The highest BCUT2D eigenvalue weighted by Crippen LogP contribution is 2.47. The van der Waals surface area contributed by atoms with E-state index in [-0.39, 0.29) is 12.0 Å². The van der Waals surface area contributed by atoms with E-state index < -0.39 is 18.0 Å². The van der Waals surface area contributed by atoms with Crippen molar-refractivity contribution in [3.8, 4) is 0 Å². The first kappa shape index (κ1) is 13.8. The molecule has 3 N–H and O–H groups in total. The summed E-state index contributed by atoms with van der Waals surface area (Å²) in [7, 11) is 1.39. The fraction of sp³-hybridized carbons (Fsp3) is 0.818. The molecular formula is C11H20N2O4. The number of rotatable bonds is 7. The summed E-state index contributed by atoms with van der Waals surface area (Å²) in [6, 6.07) is -1.45. The van der Waals surface area contributed by atoms with Crippen molar-refractivity contribution < 1.29 is 19.4 Å². The Labute approximate surface area is 101 Å². The van der Waals surface area contributed by atoms with Gasteiger partial charge in [0.05, 0.1) is 6.61 Å². The Morgan fingerprint density at radius 1 is 1.47 bits per heavy atom. The zero-order valence-corrected chi connectivity index (χ0v) is 10.3. The highest BCUT2D eigenvalue weighted by Gasteiger charge is 2.40. The lowest BCUT2D eigenvalue weighted by Crippen LogP contribution is -2.49. The zero-order valence-electron chi connectivity index (χ0n) is 10.3. The standard InChI is InChI=1S/C11H20N2O4/c1-3-11(4-5-11)7-12-10(16)13-8(6-17-2)9(14)15/h8H,3-7H2,1-2H3,(H,14,15)(H2,12,13,16). The maximum atomic E-state index is 11.5. The van der Waals surface area contributed by atoms with Crippen LogP contribution in [0, 0.1) is 5.41 Å². The number of nitrogens with one attached hydrogen (secondary N) is 2. The van der Waals surface area contributed by atoms with E-state index in [1.165, 1.54) is 7.11 Å². The predicted octanol–water partition coefficient (Wildman–Crippen LogP) is 0.575. The number of hydrogen-bond acceptors (Lipinski definition) is 3. The van der Waals surface area contributed by atoms with E-state index in [0.717, 1.165) is 19.3 Å². The van der Waals surface area contributed by atoms with Crippen LogP contribution in [0.25, 0.3) is 0 Å². The molecule has 1 aliphatic rings. The van der Waals surface area contributed by atoms with Crippen molar-refractivity contribution in [3.05, 3.63) is 0 Å². The summed E-state index contributed by atoms with van der Waals surface area (Å²) in [5.74, 6) is -1.10. The van der Waals surface area contributed by atoms with Crippen molar-refractivity contribution in [1.82, 2.24) is 10.6 Å². The fourth-order valence-electron chi connectivity index (χ4n) is 1.65. The lowest BCUT2D eigenvalue weighted by Gasteiger charge is -2.17. The van der Waals surface area contributed by atoms with Crippen molar-refractivity contribution in [3.63, 3.8) is 0 Å². The van der Waals surface area contributed by atoms with Crippen LogP contribution in [0.5, 0.6) is 0 Å². The second kappa shape index (κ2) is 5.86. The molecule has 0 spiro atoms. The van der Waals surface area contributed by atoms with E-state index in [1.807, 2.05) is 0 Å². The Bertz CT molecular complexity index is 289. The van der Waals surface area contributed by atoms with Gasteiger partial charge in [0.2, 0.25) is 0 Å². The largest absolute Gasteiger partial charge is 0.480 e. The van der Waals surface area contributed by atoms with Gasteiger partial charge in [0.25, 0.3) is 0 Å². The number of carboxylic acids is 1. The minimum absolute atomic E-state index is 0.0400. The Morgan fingerprint density at radius 3 is 2.53 bits per heavy atom. The first-order valence-corrected chi connectivity index (χ1v) is 5.79. The van der Waals surface area contributed by atoms with E-state index in [2.05, 4.69) is 17.6 Å². The summed E-state index contributed by atoms with van der Waals surface area (Å²) in [6.07, 6.45) is 3.29. The van der Waals surface area contributed by atoms with Crippen LogP contribution in [0.3, 0.4) is 0 Å². The molecule has 0 bridgehead atoms. The highest BCUT2D eigenvalue weighted by molar-refractivity contribution is 5.82. The minimum atomic E-state index is -1.10. The monoisotopic (exact) mass is 244 g/mol. The zero-order chi connectivity index (χ0) is 12.9. The fourth-order valence-corrected chi connectivity index (χ4v) is 1.65. The average molecular weight is 244 g/mol. The molecule has 17 heavy (non-hydrogen) atoms. The first-order chi connectivity index (χ1) is 8.03. The van der Waals surface area contributed by atoms with Crippen LogP contribution in [-0.4, -0.2) is 43.4 Å². The summed E-state index contributed by atoms with van der Waals surface area (Å²) in [6.45, 7) is 2.66. The van der Waals surface area contributed by atoms with Crippen LogP contribution in [0.4, 0.5) is 4.79 Å². The molecule has 1 aliphatic carbocycles. The molecule has 0 aromatic carbocycles. The predicted molar refractivity (Wildman–Crippen MR) is 61.8 cm³/mol. The summed E-state index contributed by atoms with van der Waals surface area (Å²) in [5, 5.41) is 13.9. The Morgan fingerprint density at radius 2 is 2.12 bits per heavy atom. The van der Waals surface area contributed by atoms with Crippen molar-refractivity contribution in [1.29, 1.82) is 0 Å². The third-order valence-electron chi connectivity index (χ3n) is 3.27. The van der Waals surface area contributed by atoms with Gasteiger partial charge < -0.3 is 20.5 Å². The van der Waals surface area contributed by atoms with Gasteiger partial charge in [-0.3, -0.25) is 0 Å². The number of ether oxygens (including phenoxy) is 1. The van der Waals surface area contributed by atoms with Crippen LogP contribution in [0.2, 0.25) is 0 Å². The molecule has 6 heteroatoms. The molecule has 0 radical (unpaired) electrons. The van der Waals surface area contributed by atoms with Crippen LogP contribution in [0.15, 0.2) is 0 Å². The minimum Gasteiger partial charge on any atom is -0.480 e. The summed E-state index contributed by atoms with van der Waals surface area (Å²) < 4.78 is 4.72. The number of urea groups is 1. The molecule has 1 saturated carbocycles. The van der Waals surface area contributed by atoms with Crippen LogP contribution in [-0.2, 0) is 9.53 Å². The summed E-state index contributed by atoms with van der Waals surface area (Å²) in [5.41, 5.74) is 0.247. The van der Waals surface area contributed by atoms with Gasteiger partial charge >= 0.3 is 12.0 Å². The smallest absolute Gasteiger partial charge is 0.328 e. The van der Waals surface area contributed by atoms with Gasteiger partial charge in [0.15, 0.2) is 6.04 Å². The summed E-state index contributed by atoms with van der Waals surface area (Å²) >= 11 is 0. The molecule has 1 atom stereocenters. The first-order valence-electron chi connectivity index (χ1n) is 5.79. The second-order valence-electron chi connectivity index (χ2n) is 4.53. The number of carbonyl (C=O) groups is 2. The maximum Gasteiger partial charge on any atom is 0.328 e. The second-order valence-corrected chi connectivity index (χ2v) is 4.53. The normalized spacial score (nSPS) is 18.2. The third kappa shape index (κ3) is 4.22. The Balaban J connectivity index is 2.29. The van der Waals surface area contributed by atoms with E-state index >= 15 is 0 Å². The van der Waals surface area contributed by atoms with E-state index in [1.54, 1.807) is 0 Å². The van der Waals surface area contributed by atoms with Crippen LogP contribution >= 0.6 is 0 Å². The number of hydrogen-bond donors (Lipinski definition) is 3. The van der Waals surface area contributed by atoms with Gasteiger partial charge in [-0.05, 0) is 24.7 Å². The topological polar surface area (TPSA) is 87.7 Å². The van der Waals surface area contributed by atoms with Gasteiger partial charge in [-0.2, -0.15) is 0 Å². The molecule has 1 unspecified atom stereocenters. The third-order valence-corrected chi connectivity index (χ3v) is 3.27. The number of methoxy groups -OCH3 is 1. The Kier molecular flexibility index (Phi) is 4.74. The molecule has 0 aromatic rings. The highest BCUT2D eigenvalue weighted by atomic mass is 16.5. The molecule has 0 heterocycles. The van der Waals surface area contributed by atoms with Gasteiger partial charge in [0, 0.05) is 13.7 Å². The van der Waals surface area contributed by atoms with Crippen molar-refractivity contribution >= 4 is 12.0 Å². The number of amides is 2. The van der Waals surface area contributed by atoms with Gasteiger partial charge in [-0.1, -0.05) is 6.92 Å². The van der Waals surface area contributed by atoms with Crippen molar-refractivity contribution in [2.24, 2.45) is 5.41 Å². The van der Waals surface area contributed by atoms with E-state index in [9.17, 15) is 9.59 Å². The molecule has 98 valence electrons. The van der Waals surface area contributed by atoms with E-state index in [0.29, 0.717) is 6.54 Å². The van der Waals surface area contributed by atoms with Crippen LogP contribution in [0.1, 0.15) is 26.2 Å². The SMILES string of the molecule is CCC1(CNC(=O)NC(COC)C(=O)O)CC1. The molecule has 0 aromatic heterocycles. The average Bonchev–Trinajstić information content (AvgIpc) is 3.06. The molecule has 1 fully saturated rings. The Hall–Kier alpha value is -1.30. The van der Waals surface area contributed by atoms with Crippen LogP contribution < -0.4 is 10.6 Å². The lowest BCUT2D eigenvalue weighted by atomic mass is 10.0.